The molecule has 0 saturated heterocycles. The summed E-state index contributed by atoms with van der Waals surface area (Å²) in [4.78, 5) is 12.2. The van der Waals surface area contributed by atoms with Crippen LogP contribution in [0.4, 0.5) is 0 Å². The van der Waals surface area contributed by atoms with Crippen LogP contribution in [0.5, 0.6) is 0 Å². The summed E-state index contributed by atoms with van der Waals surface area (Å²) >= 11 is 0. The topological polar surface area (TPSA) is 55.1 Å². The van der Waals surface area contributed by atoms with Crippen molar-refractivity contribution in [1.29, 1.82) is 0 Å². The Balaban J connectivity index is 2.39. The van der Waals surface area contributed by atoms with E-state index in [0.29, 0.717) is 12.5 Å². The first-order chi connectivity index (χ1) is 8.65. The van der Waals surface area contributed by atoms with E-state index in [2.05, 4.69) is 19.2 Å². The molecule has 0 aliphatic heterocycles. The van der Waals surface area contributed by atoms with E-state index in [4.69, 9.17) is 5.73 Å². The molecule has 1 saturated carbocycles. The van der Waals surface area contributed by atoms with Crippen LogP contribution in [-0.2, 0) is 4.79 Å². The van der Waals surface area contributed by atoms with Crippen molar-refractivity contribution >= 4 is 5.91 Å². The van der Waals surface area contributed by atoms with Gasteiger partial charge < -0.3 is 11.1 Å². The molecule has 3 nitrogen and oxygen atoms in total. The SMILES string of the molecule is CC(C)C(CC1CCCCC1)C(=O)NCCCN. The molecule has 1 amide bonds. The summed E-state index contributed by atoms with van der Waals surface area (Å²) in [6, 6.07) is 0. The van der Waals surface area contributed by atoms with Crippen LogP contribution in [-0.4, -0.2) is 19.0 Å². The highest BCUT2D eigenvalue weighted by atomic mass is 16.1. The van der Waals surface area contributed by atoms with Gasteiger partial charge in [-0.05, 0) is 31.2 Å². The lowest BCUT2D eigenvalue weighted by Crippen LogP contribution is -2.36. The third-order valence-electron chi connectivity index (χ3n) is 4.13. The summed E-state index contributed by atoms with van der Waals surface area (Å²) in [6.07, 6.45) is 8.67. The number of nitrogens with two attached hydrogens (primary N) is 1. The molecule has 0 bridgehead atoms. The van der Waals surface area contributed by atoms with Crippen LogP contribution < -0.4 is 11.1 Å². The number of nitrogens with one attached hydrogen (secondary N) is 1. The molecule has 0 spiro atoms. The van der Waals surface area contributed by atoms with Gasteiger partial charge in [0.25, 0.3) is 0 Å². The van der Waals surface area contributed by atoms with Gasteiger partial charge in [0, 0.05) is 12.5 Å². The number of amides is 1. The van der Waals surface area contributed by atoms with Crippen LogP contribution in [0.1, 0.15) is 58.8 Å². The highest BCUT2D eigenvalue weighted by molar-refractivity contribution is 5.78. The molecule has 0 aromatic rings. The Labute approximate surface area is 112 Å². The zero-order chi connectivity index (χ0) is 13.4. The first-order valence-corrected chi connectivity index (χ1v) is 7.63. The van der Waals surface area contributed by atoms with E-state index in [1.54, 1.807) is 0 Å². The Kier molecular flexibility index (Phi) is 7.33. The number of rotatable bonds is 7. The normalized spacial score (nSPS) is 18.9. The number of hydrogen-bond donors (Lipinski definition) is 2. The molecular formula is C15H30N2O. The average molecular weight is 254 g/mol. The molecule has 1 aliphatic carbocycles. The van der Waals surface area contributed by atoms with Crippen LogP contribution in [0.3, 0.4) is 0 Å². The van der Waals surface area contributed by atoms with Crippen molar-refractivity contribution in [1.82, 2.24) is 5.32 Å². The van der Waals surface area contributed by atoms with Gasteiger partial charge in [0.1, 0.15) is 0 Å². The van der Waals surface area contributed by atoms with Gasteiger partial charge in [0.2, 0.25) is 5.91 Å². The molecule has 3 N–H and O–H groups in total. The maximum Gasteiger partial charge on any atom is 0.223 e. The third-order valence-corrected chi connectivity index (χ3v) is 4.13. The van der Waals surface area contributed by atoms with E-state index in [9.17, 15) is 4.79 Å². The van der Waals surface area contributed by atoms with Crippen molar-refractivity contribution in [3.05, 3.63) is 0 Å². The van der Waals surface area contributed by atoms with Gasteiger partial charge in [0.05, 0.1) is 0 Å². The maximum absolute atomic E-state index is 12.2. The molecule has 1 aliphatic rings. The van der Waals surface area contributed by atoms with Gasteiger partial charge in [-0.3, -0.25) is 4.79 Å². The van der Waals surface area contributed by atoms with Gasteiger partial charge in [0.15, 0.2) is 0 Å². The molecular weight excluding hydrogens is 224 g/mol. The molecule has 1 fully saturated rings. The Morgan fingerprint density at radius 2 is 1.94 bits per heavy atom. The molecule has 1 unspecified atom stereocenters. The van der Waals surface area contributed by atoms with Crippen LogP contribution in [0.2, 0.25) is 0 Å². The van der Waals surface area contributed by atoms with Crippen molar-refractivity contribution in [2.75, 3.05) is 13.1 Å². The second kappa shape index (κ2) is 8.52. The summed E-state index contributed by atoms with van der Waals surface area (Å²) in [5, 5.41) is 3.04. The van der Waals surface area contributed by atoms with Gasteiger partial charge in [-0.25, -0.2) is 0 Å². The highest BCUT2D eigenvalue weighted by Gasteiger charge is 2.26. The van der Waals surface area contributed by atoms with Crippen LogP contribution >= 0.6 is 0 Å². The summed E-state index contributed by atoms with van der Waals surface area (Å²) < 4.78 is 0. The van der Waals surface area contributed by atoms with Crippen molar-refractivity contribution in [3.8, 4) is 0 Å². The van der Waals surface area contributed by atoms with Gasteiger partial charge in [-0.2, -0.15) is 0 Å². The summed E-state index contributed by atoms with van der Waals surface area (Å²) in [6.45, 7) is 5.70. The first kappa shape index (κ1) is 15.5. The quantitative estimate of drug-likeness (QED) is 0.686. The summed E-state index contributed by atoms with van der Waals surface area (Å²) in [5.41, 5.74) is 5.45. The lowest BCUT2D eigenvalue weighted by molar-refractivity contribution is -0.127. The van der Waals surface area contributed by atoms with E-state index < -0.39 is 0 Å². The lowest BCUT2D eigenvalue weighted by Gasteiger charge is -2.28. The fourth-order valence-corrected chi connectivity index (χ4v) is 2.91. The number of carbonyl (C=O) groups excluding carboxylic acids is 1. The van der Waals surface area contributed by atoms with E-state index in [0.717, 1.165) is 25.3 Å². The molecule has 0 radical (unpaired) electrons. The van der Waals surface area contributed by atoms with E-state index in [1.165, 1.54) is 32.1 Å². The van der Waals surface area contributed by atoms with E-state index >= 15 is 0 Å². The van der Waals surface area contributed by atoms with Gasteiger partial charge in [-0.1, -0.05) is 46.0 Å². The fraction of sp³-hybridized carbons (Fsp3) is 0.933. The minimum absolute atomic E-state index is 0.186. The third kappa shape index (κ3) is 5.38. The Hall–Kier alpha value is -0.570. The molecule has 18 heavy (non-hydrogen) atoms. The van der Waals surface area contributed by atoms with Crippen LogP contribution in [0.25, 0.3) is 0 Å². The van der Waals surface area contributed by atoms with E-state index in [-0.39, 0.29) is 11.8 Å². The standard InChI is InChI=1S/C15H30N2O/c1-12(2)14(15(18)17-10-6-9-16)11-13-7-4-3-5-8-13/h12-14H,3-11,16H2,1-2H3,(H,17,18). The molecule has 1 atom stereocenters. The average Bonchev–Trinajstić information content (AvgIpc) is 2.37. The molecule has 0 aromatic heterocycles. The monoisotopic (exact) mass is 254 g/mol. The largest absolute Gasteiger partial charge is 0.356 e. The minimum atomic E-state index is 0.186. The molecule has 0 aromatic carbocycles. The molecule has 3 heteroatoms. The minimum Gasteiger partial charge on any atom is -0.356 e. The zero-order valence-corrected chi connectivity index (χ0v) is 12.1. The maximum atomic E-state index is 12.2. The number of carbonyl (C=O) groups is 1. The van der Waals surface area contributed by atoms with Gasteiger partial charge >= 0.3 is 0 Å². The summed E-state index contributed by atoms with van der Waals surface area (Å²) in [5.74, 6) is 1.63. The highest BCUT2D eigenvalue weighted by Crippen LogP contribution is 2.31. The van der Waals surface area contributed by atoms with Crippen molar-refractivity contribution in [2.45, 2.75) is 58.8 Å². The van der Waals surface area contributed by atoms with Crippen LogP contribution in [0.15, 0.2) is 0 Å². The fourth-order valence-electron chi connectivity index (χ4n) is 2.91. The van der Waals surface area contributed by atoms with Crippen molar-refractivity contribution < 1.29 is 4.79 Å². The second-order valence-corrected chi connectivity index (χ2v) is 6.02. The Bertz CT molecular complexity index is 235. The van der Waals surface area contributed by atoms with Crippen molar-refractivity contribution in [2.24, 2.45) is 23.5 Å². The number of hydrogen-bond acceptors (Lipinski definition) is 2. The molecule has 0 heterocycles. The van der Waals surface area contributed by atoms with Crippen LogP contribution in [0, 0.1) is 17.8 Å². The molecule has 1 rings (SSSR count). The lowest BCUT2D eigenvalue weighted by atomic mass is 9.79. The predicted octanol–water partition coefficient (Wildman–Crippen LogP) is 2.69. The van der Waals surface area contributed by atoms with E-state index in [1.807, 2.05) is 0 Å². The Morgan fingerprint density at radius 1 is 1.28 bits per heavy atom. The Morgan fingerprint density at radius 3 is 2.50 bits per heavy atom. The molecule has 106 valence electrons. The summed E-state index contributed by atoms with van der Waals surface area (Å²) in [7, 11) is 0. The van der Waals surface area contributed by atoms with Crippen molar-refractivity contribution in [3.63, 3.8) is 0 Å². The predicted molar refractivity (Wildman–Crippen MR) is 76.2 cm³/mol. The first-order valence-electron chi connectivity index (χ1n) is 7.63. The second-order valence-electron chi connectivity index (χ2n) is 6.02. The zero-order valence-electron chi connectivity index (χ0n) is 12.1. The smallest absolute Gasteiger partial charge is 0.223 e. The van der Waals surface area contributed by atoms with Gasteiger partial charge in [-0.15, -0.1) is 0 Å².